The van der Waals surface area contributed by atoms with Gasteiger partial charge < -0.3 is 9.47 Å². The third-order valence-corrected chi connectivity index (χ3v) is 7.77. The molecule has 2 heterocycles. The summed E-state index contributed by atoms with van der Waals surface area (Å²) in [6.45, 7) is 12.5. The molecule has 1 spiro atoms. The highest BCUT2D eigenvalue weighted by Crippen LogP contribution is 2.62. The van der Waals surface area contributed by atoms with E-state index in [1.807, 2.05) is 25.6 Å². The molecule has 0 radical (unpaired) electrons. The summed E-state index contributed by atoms with van der Waals surface area (Å²) in [6, 6.07) is 0. The van der Waals surface area contributed by atoms with Crippen LogP contribution in [0.3, 0.4) is 0 Å². The summed E-state index contributed by atoms with van der Waals surface area (Å²) in [7, 11) is 3.55. The molecule has 1 saturated heterocycles. The van der Waals surface area contributed by atoms with Gasteiger partial charge in [-0.1, -0.05) is 34.6 Å². The van der Waals surface area contributed by atoms with E-state index in [0.29, 0.717) is 5.92 Å². The van der Waals surface area contributed by atoms with Gasteiger partial charge in [-0.05, 0) is 45.3 Å². The van der Waals surface area contributed by atoms with Crippen LogP contribution >= 0.6 is 30.1 Å². The summed E-state index contributed by atoms with van der Waals surface area (Å²) in [5.74, 6) is 3.39. The van der Waals surface area contributed by atoms with E-state index in [0.717, 1.165) is 44.6 Å². The molecule has 1 saturated carbocycles. The minimum Gasteiger partial charge on any atom is -0.347 e. The zero-order valence-electron chi connectivity index (χ0n) is 17.3. The first-order valence-electron chi connectivity index (χ1n) is 9.98. The smallest absolute Gasteiger partial charge is 0.173 e. The molecular formula is C21H31IN2O2S. The van der Waals surface area contributed by atoms with Crippen LogP contribution in [0, 0.1) is 22.5 Å². The van der Waals surface area contributed by atoms with Gasteiger partial charge in [-0.3, -0.25) is 4.68 Å². The van der Waals surface area contributed by atoms with Gasteiger partial charge in [0.1, 0.15) is 5.69 Å². The number of ether oxygens (including phenoxy) is 2. The molecule has 1 aliphatic heterocycles. The molecule has 0 amide bonds. The Bertz CT molecular complexity index is 758. The van der Waals surface area contributed by atoms with Crippen LogP contribution in [-0.2, 0) is 28.4 Å². The topological polar surface area (TPSA) is 36.3 Å². The van der Waals surface area contributed by atoms with Crippen molar-refractivity contribution in [3.05, 3.63) is 17.0 Å². The van der Waals surface area contributed by atoms with Gasteiger partial charge in [0.05, 0.1) is 18.9 Å². The Morgan fingerprint density at radius 1 is 1.19 bits per heavy atom. The van der Waals surface area contributed by atoms with E-state index in [2.05, 4.69) is 53.1 Å². The lowest BCUT2D eigenvalue weighted by Crippen LogP contribution is -2.61. The highest BCUT2D eigenvalue weighted by Gasteiger charge is 2.64. The highest BCUT2D eigenvalue weighted by molar-refractivity contribution is 14.2. The fourth-order valence-corrected chi connectivity index (χ4v) is 6.16. The molecule has 2 atom stereocenters. The molecule has 1 aromatic rings. The lowest BCUT2D eigenvalue weighted by molar-refractivity contribution is -0.276. The lowest BCUT2D eigenvalue weighted by atomic mass is 9.49. The minimum atomic E-state index is -0.413. The van der Waals surface area contributed by atoms with Crippen LogP contribution in [0.15, 0.2) is 0 Å². The summed E-state index contributed by atoms with van der Waals surface area (Å²) in [5, 5.41) is 8.10. The molecule has 150 valence electrons. The first-order valence-corrected chi connectivity index (χ1v) is 13.3. The van der Waals surface area contributed by atoms with Crippen molar-refractivity contribution in [2.45, 2.75) is 71.5 Å². The number of rotatable bonds is 0. The van der Waals surface area contributed by atoms with E-state index < -0.39 is 5.79 Å². The van der Waals surface area contributed by atoms with Crippen molar-refractivity contribution < 1.29 is 9.47 Å². The first kappa shape index (κ1) is 21.5. The molecule has 0 aromatic carbocycles. The van der Waals surface area contributed by atoms with Gasteiger partial charge in [-0.15, -0.1) is 0 Å². The number of hydrogen-bond acceptors (Lipinski definition) is 4. The van der Waals surface area contributed by atoms with Crippen molar-refractivity contribution >= 4 is 30.1 Å². The van der Waals surface area contributed by atoms with Gasteiger partial charge in [-0.25, -0.2) is 0 Å². The van der Waals surface area contributed by atoms with Crippen molar-refractivity contribution in [2.75, 3.05) is 13.2 Å². The van der Waals surface area contributed by atoms with E-state index in [4.69, 9.17) is 14.6 Å². The summed E-state index contributed by atoms with van der Waals surface area (Å²) in [4.78, 5) is 0. The molecular weight excluding hydrogens is 471 g/mol. The Morgan fingerprint density at radius 2 is 1.85 bits per heavy atom. The van der Waals surface area contributed by atoms with E-state index in [1.165, 1.54) is 20.2 Å². The van der Waals surface area contributed by atoms with E-state index >= 15 is 0 Å². The first-order chi connectivity index (χ1) is 12.9. The maximum atomic E-state index is 6.19. The normalized spacial score (nSPS) is 29.8. The summed E-state index contributed by atoms with van der Waals surface area (Å²) >= 11 is 2.22. The monoisotopic (exact) mass is 502 g/mol. The largest absolute Gasteiger partial charge is 0.347 e. The maximum absolute atomic E-state index is 6.19. The molecule has 27 heavy (non-hydrogen) atoms. The third kappa shape index (κ3) is 3.17. The number of aromatic nitrogens is 2. The van der Waals surface area contributed by atoms with Crippen LogP contribution in [0.1, 0.15) is 70.8 Å². The van der Waals surface area contributed by atoms with Gasteiger partial charge in [-0.2, -0.15) is 5.10 Å². The van der Waals surface area contributed by atoms with Gasteiger partial charge in [0.25, 0.3) is 0 Å². The Morgan fingerprint density at radius 3 is 2.48 bits per heavy atom. The molecule has 1 aromatic heterocycles. The quantitative estimate of drug-likeness (QED) is 0.360. The van der Waals surface area contributed by atoms with Gasteiger partial charge in [0.15, 0.2) is 5.79 Å². The molecule has 2 fully saturated rings. The average Bonchev–Trinajstić information content (AvgIpc) is 3.25. The van der Waals surface area contributed by atoms with Crippen LogP contribution in [-0.4, -0.2) is 28.8 Å². The fraction of sp³-hybridized carbons (Fsp3) is 0.762. The highest BCUT2D eigenvalue weighted by atomic mass is 127. The van der Waals surface area contributed by atoms with Gasteiger partial charge in [0, 0.05) is 51.1 Å². The number of nitrogens with zero attached hydrogens (tertiary/aromatic N) is 2. The van der Waals surface area contributed by atoms with Crippen LogP contribution in [0.25, 0.3) is 0 Å². The van der Waals surface area contributed by atoms with Crippen molar-refractivity contribution in [2.24, 2.45) is 18.4 Å². The second-order valence-electron chi connectivity index (χ2n) is 8.28. The number of aryl methyl sites for hydroxylation is 1. The Kier molecular flexibility index (Phi) is 6.28. The fourth-order valence-electron chi connectivity index (χ4n) is 5.69. The summed E-state index contributed by atoms with van der Waals surface area (Å²) < 4.78 is 14.4. The van der Waals surface area contributed by atoms with Crippen LogP contribution < -0.4 is 0 Å². The molecule has 3 aliphatic rings. The SMILES string of the molecule is CC.Cn1nc2c(c1C#CSI)CCC1C(C)(C)C3(CC[C@]21C)OCCO3. The van der Waals surface area contributed by atoms with Crippen molar-refractivity contribution in [3.63, 3.8) is 0 Å². The zero-order valence-corrected chi connectivity index (χ0v) is 20.3. The van der Waals surface area contributed by atoms with Crippen molar-refractivity contribution in [3.8, 4) is 11.2 Å². The lowest BCUT2D eigenvalue weighted by Gasteiger charge is -2.59. The zero-order chi connectivity index (χ0) is 19.9. The summed E-state index contributed by atoms with van der Waals surface area (Å²) in [5.41, 5.74) is 3.74. The minimum absolute atomic E-state index is 0.0321. The van der Waals surface area contributed by atoms with Gasteiger partial charge >= 0.3 is 0 Å². The summed E-state index contributed by atoms with van der Waals surface area (Å²) in [6.07, 6.45) is 4.17. The Balaban J connectivity index is 0.00000102. The number of fused-ring (bicyclic) bond motifs is 3. The van der Waals surface area contributed by atoms with Crippen LogP contribution in [0.2, 0.25) is 0 Å². The molecule has 4 rings (SSSR count). The number of halogens is 1. The molecule has 4 nitrogen and oxygen atoms in total. The second kappa shape index (κ2) is 7.89. The second-order valence-corrected chi connectivity index (χ2v) is 9.96. The van der Waals surface area contributed by atoms with Crippen LogP contribution in [0.4, 0.5) is 0 Å². The molecule has 0 bridgehead atoms. The molecule has 0 N–H and O–H groups in total. The van der Waals surface area contributed by atoms with E-state index in [-0.39, 0.29) is 10.8 Å². The van der Waals surface area contributed by atoms with E-state index in [9.17, 15) is 0 Å². The van der Waals surface area contributed by atoms with Crippen LogP contribution in [0.5, 0.6) is 0 Å². The van der Waals surface area contributed by atoms with E-state index in [1.54, 1.807) is 0 Å². The molecule has 2 aliphatic carbocycles. The molecule has 6 heteroatoms. The maximum Gasteiger partial charge on any atom is 0.173 e. The Labute approximate surface area is 180 Å². The molecule has 1 unspecified atom stereocenters. The number of hydrogen-bond donors (Lipinski definition) is 0. The van der Waals surface area contributed by atoms with Crippen molar-refractivity contribution in [1.82, 2.24) is 9.78 Å². The van der Waals surface area contributed by atoms with Gasteiger partial charge in [0.2, 0.25) is 0 Å². The third-order valence-electron chi connectivity index (χ3n) is 6.93. The van der Waals surface area contributed by atoms with Crippen molar-refractivity contribution in [1.29, 1.82) is 0 Å². The predicted molar refractivity (Wildman–Crippen MR) is 120 cm³/mol. The average molecular weight is 502 g/mol. The standard InChI is InChI=1S/C19H25IN2O2S.C2H6/c1-17(2)15-6-5-13-14(7-12-25-20)22(4)21-16(13)18(15,3)8-9-19(17)23-10-11-24-19;1-2/h15H,5-6,8-11H2,1-4H3;1-2H3/t15?,18-;/m0./s1. The predicted octanol–water partition coefficient (Wildman–Crippen LogP) is 5.22. The Hall–Kier alpha value is -0.230.